The van der Waals surface area contributed by atoms with Crippen LogP contribution >= 0.6 is 23.4 Å². The van der Waals surface area contributed by atoms with Crippen LogP contribution in [0, 0.1) is 0 Å². The molecule has 0 saturated heterocycles. The van der Waals surface area contributed by atoms with Gasteiger partial charge in [-0.25, -0.2) is 0 Å². The first-order chi connectivity index (χ1) is 6.31. The Kier molecular flexibility index (Phi) is 5.56. The van der Waals surface area contributed by atoms with Crippen molar-refractivity contribution in [3.05, 3.63) is 11.1 Å². The van der Waals surface area contributed by atoms with Gasteiger partial charge in [0.25, 0.3) is 0 Å². The van der Waals surface area contributed by atoms with Crippen LogP contribution in [0.2, 0.25) is 0 Å². The second kappa shape index (κ2) is 5.63. The molecule has 0 amide bonds. The van der Waals surface area contributed by atoms with Crippen LogP contribution in [-0.2, 0) is 4.79 Å². The van der Waals surface area contributed by atoms with Crippen LogP contribution in [0.15, 0.2) is 11.1 Å². The van der Waals surface area contributed by atoms with Crippen LogP contribution in [-0.4, -0.2) is 27.6 Å². The number of nitrogens with two attached hydrogens (primary N) is 1. The fourth-order valence-corrected chi connectivity index (χ4v) is 1.85. The largest absolute Gasteiger partial charge is 0.480 e. The predicted octanol–water partition coefficient (Wildman–Crippen LogP) is 2.05. The van der Waals surface area contributed by atoms with Gasteiger partial charge in [-0.15, -0.1) is 11.8 Å². The maximum atomic E-state index is 10.7. The first-order valence-corrected chi connectivity index (χ1v) is 5.61. The summed E-state index contributed by atoms with van der Waals surface area (Å²) >= 11 is 6.99. The molecule has 0 fully saturated rings. The molecular formula is C9H16ClNO2S. The summed E-state index contributed by atoms with van der Waals surface area (Å²) in [5, 5.41) is 8.76. The molecule has 0 aliphatic heterocycles. The molecule has 0 aromatic heterocycles. The Balaban J connectivity index is 4.27. The van der Waals surface area contributed by atoms with Crippen LogP contribution in [0.3, 0.4) is 0 Å². The SMILES string of the molecule is CC(=CCl)CSC(C)(C)[C@@H](N)C(=O)O. The lowest BCUT2D eigenvalue weighted by Crippen LogP contribution is -2.46. The molecule has 14 heavy (non-hydrogen) atoms. The minimum absolute atomic E-state index is 0.493. The zero-order chi connectivity index (χ0) is 11.4. The van der Waals surface area contributed by atoms with E-state index in [1.807, 2.05) is 20.8 Å². The molecule has 0 unspecified atom stereocenters. The van der Waals surface area contributed by atoms with E-state index in [4.69, 9.17) is 22.4 Å². The van der Waals surface area contributed by atoms with Crippen molar-refractivity contribution in [1.82, 2.24) is 0 Å². The summed E-state index contributed by atoms with van der Waals surface area (Å²) in [5.74, 6) is -0.285. The average molecular weight is 238 g/mol. The first-order valence-electron chi connectivity index (χ1n) is 4.19. The number of carboxylic acid groups (broad SMARTS) is 1. The van der Waals surface area contributed by atoms with Crippen molar-refractivity contribution in [2.75, 3.05) is 5.75 Å². The van der Waals surface area contributed by atoms with E-state index in [1.165, 1.54) is 17.3 Å². The molecule has 0 aromatic rings. The Labute approximate surface area is 93.7 Å². The fourth-order valence-electron chi connectivity index (χ4n) is 0.718. The summed E-state index contributed by atoms with van der Waals surface area (Å²) in [5.41, 5.74) is 8.05. The molecule has 0 aliphatic carbocycles. The highest BCUT2D eigenvalue weighted by Crippen LogP contribution is 2.29. The van der Waals surface area contributed by atoms with E-state index in [-0.39, 0.29) is 0 Å². The summed E-state index contributed by atoms with van der Waals surface area (Å²) in [6.07, 6.45) is 0. The maximum Gasteiger partial charge on any atom is 0.321 e. The number of rotatable bonds is 5. The number of halogens is 1. The molecule has 5 heteroatoms. The van der Waals surface area contributed by atoms with Gasteiger partial charge in [0.2, 0.25) is 0 Å². The summed E-state index contributed by atoms with van der Waals surface area (Å²) in [6.45, 7) is 5.53. The standard InChI is InChI=1S/C9H16ClNO2S/c1-6(4-10)5-14-9(2,3)7(11)8(12)13/h4,7H,5,11H2,1-3H3,(H,12,13)/t7-/m0/s1. The van der Waals surface area contributed by atoms with E-state index in [2.05, 4.69) is 0 Å². The highest BCUT2D eigenvalue weighted by atomic mass is 35.5. The van der Waals surface area contributed by atoms with Crippen molar-refractivity contribution in [1.29, 1.82) is 0 Å². The van der Waals surface area contributed by atoms with E-state index >= 15 is 0 Å². The van der Waals surface area contributed by atoms with Crippen molar-refractivity contribution in [2.24, 2.45) is 5.73 Å². The predicted molar refractivity (Wildman–Crippen MR) is 61.8 cm³/mol. The van der Waals surface area contributed by atoms with Gasteiger partial charge < -0.3 is 10.8 Å². The monoisotopic (exact) mass is 237 g/mol. The first kappa shape index (κ1) is 13.8. The van der Waals surface area contributed by atoms with Crippen LogP contribution in [0.4, 0.5) is 0 Å². The molecule has 0 saturated carbocycles. The second-order valence-electron chi connectivity index (χ2n) is 3.66. The lowest BCUT2D eigenvalue weighted by atomic mass is 10.1. The molecule has 1 atom stereocenters. The lowest BCUT2D eigenvalue weighted by molar-refractivity contribution is -0.139. The molecule has 3 nitrogen and oxygen atoms in total. The highest BCUT2D eigenvalue weighted by Gasteiger charge is 2.32. The Bertz CT molecular complexity index is 241. The van der Waals surface area contributed by atoms with E-state index in [1.54, 1.807) is 0 Å². The molecule has 0 radical (unpaired) electrons. The number of carbonyl (C=O) groups is 1. The van der Waals surface area contributed by atoms with Gasteiger partial charge in [-0.05, 0) is 20.8 Å². The third-order valence-corrected chi connectivity index (χ3v) is 3.84. The van der Waals surface area contributed by atoms with Crippen molar-refractivity contribution in [3.8, 4) is 0 Å². The zero-order valence-electron chi connectivity index (χ0n) is 8.58. The Morgan fingerprint density at radius 1 is 1.71 bits per heavy atom. The minimum atomic E-state index is -0.977. The normalized spacial score (nSPS) is 15.4. The third kappa shape index (κ3) is 4.35. The molecular weight excluding hydrogens is 222 g/mol. The Hall–Kier alpha value is -0.190. The third-order valence-electron chi connectivity index (χ3n) is 1.87. The quantitative estimate of drug-likeness (QED) is 0.768. The van der Waals surface area contributed by atoms with E-state index in [0.717, 1.165) is 5.57 Å². The van der Waals surface area contributed by atoms with Crippen LogP contribution < -0.4 is 5.73 Å². The highest BCUT2D eigenvalue weighted by molar-refractivity contribution is 8.00. The molecule has 82 valence electrons. The summed E-state index contributed by atoms with van der Waals surface area (Å²) in [7, 11) is 0. The van der Waals surface area contributed by atoms with Gasteiger partial charge >= 0.3 is 5.97 Å². The summed E-state index contributed by atoms with van der Waals surface area (Å²) in [4.78, 5) is 10.7. The van der Waals surface area contributed by atoms with Gasteiger partial charge in [0.05, 0.1) is 0 Å². The Morgan fingerprint density at radius 3 is 2.57 bits per heavy atom. The lowest BCUT2D eigenvalue weighted by Gasteiger charge is -2.28. The van der Waals surface area contributed by atoms with Gasteiger partial charge in [-0.3, -0.25) is 4.79 Å². The van der Waals surface area contributed by atoms with Crippen molar-refractivity contribution >= 4 is 29.3 Å². The molecule has 0 heterocycles. The van der Waals surface area contributed by atoms with Crippen LogP contribution in [0.5, 0.6) is 0 Å². The van der Waals surface area contributed by atoms with E-state index in [0.29, 0.717) is 5.75 Å². The van der Waals surface area contributed by atoms with Gasteiger partial charge in [-0.1, -0.05) is 17.2 Å². The van der Waals surface area contributed by atoms with Gasteiger partial charge in [0.1, 0.15) is 6.04 Å². The Morgan fingerprint density at radius 2 is 2.21 bits per heavy atom. The zero-order valence-corrected chi connectivity index (χ0v) is 10.2. The molecule has 0 aliphatic rings. The number of carboxylic acids is 1. The van der Waals surface area contributed by atoms with Crippen LogP contribution in [0.1, 0.15) is 20.8 Å². The van der Waals surface area contributed by atoms with E-state index in [9.17, 15) is 4.79 Å². The summed E-state index contributed by atoms with van der Waals surface area (Å²) in [6, 6.07) is -0.865. The molecule has 0 spiro atoms. The number of aliphatic carboxylic acids is 1. The topological polar surface area (TPSA) is 63.3 Å². The van der Waals surface area contributed by atoms with Crippen molar-refractivity contribution in [2.45, 2.75) is 31.6 Å². The fraction of sp³-hybridized carbons (Fsp3) is 0.667. The number of hydrogen-bond donors (Lipinski definition) is 2. The van der Waals surface area contributed by atoms with E-state index < -0.39 is 16.8 Å². The van der Waals surface area contributed by atoms with Crippen molar-refractivity contribution < 1.29 is 9.90 Å². The molecule has 0 rings (SSSR count). The van der Waals surface area contributed by atoms with Crippen LogP contribution in [0.25, 0.3) is 0 Å². The smallest absolute Gasteiger partial charge is 0.321 e. The molecule has 3 N–H and O–H groups in total. The maximum absolute atomic E-state index is 10.7. The van der Waals surface area contributed by atoms with Gasteiger partial charge in [-0.2, -0.15) is 0 Å². The number of thioether (sulfide) groups is 1. The van der Waals surface area contributed by atoms with Gasteiger partial charge in [0.15, 0.2) is 0 Å². The van der Waals surface area contributed by atoms with Gasteiger partial charge in [0, 0.05) is 16.0 Å². The van der Waals surface area contributed by atoms with Crippen molar-refractivity contribution in [3.63, 3.8) is 0 Å². The molecule has 0 bridgehead atoms. The average Bonchev–Trinajstić information content (AvgIpc) is 2.12. The molecule has 0 aromatic carbocycles. The summed E-state index contributed by atoms with van der Waals surface area (Å²) < 4.78 is -0.493. The minimum Gasteiger partial charge on any atom is -0.480 e. The number of hydrogen-bond acceptors (Lipinski definition) is 3. The second-order valence-corrected chi connectivity index (χ2v) is 5.51.